The van der Waals surface area contributed by atoms with Gasteiger partial charge in [0.15, 0.2) is 17.3 Å². The van der Waals surface area contributed by atoms with Crippen LogP contribution in [0.15, 0.2) is 65.1 Å². The van der Waals surface area contributed by atoms with E-state index < -0.39 is 5.82 Å². The van der Waals surface area contributed by atoms with E-state index in [1.54, 1.807) is 23.9 Å². The zero-order chi connectivity index (χ0) is 23.4. The van der Waals surface area contributed by atoms with Crippen LogP contribution in [-0.2, 0) is 13.2 Å². The van der Waals surface area contributed by atoms with Crippen LogP contribution in [0.3, 0.4) is 0 Å². The van der Waals surface area contributed by atoms with E-state index in [1.807, 2.05) is 42.5 Å². The second-order valence-electron chi connectivity index (χ2n) is 6.99. The molecule has 0 bridgehead atoms. The number of nitrogens with zero attached hydrogens (tertiary/aromatic N) is 2. The van der Waals surface area contributed by atoms with Crippen LogP contribution in [0.5, 0.6) is 11.5 Å². The third-order valence-corrected chi connectivity index (χ3v) is 6.07. The highest BCUT2D eigenvalue weighted by atomic mass is 79.9. The largest absolute Gasteiger partial charge is 0.493 e. The number of hydrogen-bond donors (Lipinski definition) is 2. The summed E-state index contributed by atoms with van der Waals surface area (Å²) in [6.45, 7) is 0.394. The molecular formula is C23H19BrClFN4O2S. The summed E-state index contributed by atoms with van der Waals surface area (Å²) < 4.78 is 28.3. The van der Waals surface area contributed by atoms with E-state index in [9.17, 15) is 4.39 Å². The Hall–Kier alpha value is -2.88. The number of aromatic nitrogens is 3. The van der Waals surface area contributed by atoms with Crippen molar-refractivity contribution in [3.63, 3.8) is 0 Å². The second kappa shape index (κ2) is 10.4. The number of nitrogens with one attached hydrogen (secondary N) is 2. The molecule has 0 atom stereocenters. The number of rotatable bonds is 8. The molecule has 4 rings (SSSR count). The fourth-order valence-corrected chi connectivity index (χ4v) is 4.24. The van der Waals surface area contributed by atoms with Gasteiger partial charge in [-0.05, 0) is 58.0 Å². The van der Waals surface area contributed by atoms with Gasteiger partial charge in [-0.25, -0.2) is 14.2 Å². The number of ether oxygens (including phenoxy) is 2. The zero-order valence-corrected chi connectivity index (χ0v) is 20.6. The van der Waals surface area contributed by atoms with Gasteiger partial charge in [0.25, 0.3) is 0 Å². The molecule has 6 nitrogen and oxygen atoms in total. The minimum absolute atomic E-state index is 0.0390. The normalized spacial score (nSPS) is 10.8. The molecule has 10 heteroatoms. The molecule has 0 amide bonds. The molecule has 0 aliphatic rings. The molecule has 0 unspecified atom stereocenters. The highest BCUT2D eigenvalue weighted by Gasteiger charge is 2.15. The fraction of sp³-hybridized carbons (Fsp3) is 0.130. The molecule has 1 aromatic heterocycles. The molecule has 0 saturated heterocycles. The summed E-state index contributed by atoms with van der Waals surface area (Å²) in [7, 11) is 1.54. The van der Waals surface area contributed by atoms with Gasteiger partial charge in [-0.2, -0.15) is 5.10 Å². The summed E-state index contributed by atoms with van der Waals surface area (Å²) in [5.74, 6) is 1.19. The number of methoxy groups -OCH3 is 1. The van der Waals surface area contributed by atoms with Crippen LogP contribution in [0, 0.1) is 10.6 Å². The smallest absolute Gasteiger partial charge is 0.214 e. The standard InChI is InChI=1S/C23H19BrClFN4O2S/c1-31-20-11-14(10-17(24)21(20)32-13-16-18(25)8-5-9-19(16)26)12-27-30-22(28-29-23(30)33)15-6-3-2-4-7-15/h2-11,27H,12-13H2,1H3,(H,29,33). The van der Waals surface area contributed by atoms with Crippen LogP contribution in [0.2, 0.25) is 5.02 Å². The van der Waals surface area contributed by atoms with Crippen molar-refractivity contribution in [2.24, 2.45) is 0 Å². The first-order chi connectivity index (χ1) is 16.0. The maximum absolute atomic E-state index is 14.1. The number of hydrogen-bond acceptors (Lipinski definition) is 5. The quantitative estimate of drug-likeness (QED) is 0.246. The molecule has 2 N–H and O–H groups in total. The molecule has 170 valence electrons. The van der Waals surface area contributed by atoms with Gasteiger partial charge in [-0.15, -0.1) is 0 Å². The Morgan fingerprint density at radius 3 is 2.70 bits per heavy atom. The number of H-pyrrole nitrogens is 1. The number of benzene rings is 3. The van der Waals surface area contributed by atoms with Crippen LogP contribution < -0.4 is 14.9 Å². The van der Waals surface area contributed by atoms with Crippen molar-refractivity contribution in [3.05, 3.63) is 91.9 Å². The first-order valence-electron chi connectivity index (χ1n) is 9.86. The van der Waals surface area contributed by atoms with Gasteiger partial charge >= 0.3 is 0 Å². The first-order valence-corrected chi connectivity index (χ1v) is 11.4. The molecule has 0 aliphatic carbocycles. The molecule has 4 aromatic rings. The van der Waals surface area contributed by atoms with Gasteiger partial charge in [0, 0.05) is 11.1 Å². The van der Waals surface area contributed by atoms with Crippen molar-refractivity contribution in [1.29, 1.82) is 0 Å². The van der Waals surface area contributed by atoms with Crippen molar-refractivity contribution in [2.75, 3.05) is 12.5 Å². The van der Waals surface area contributed by atoms with E-state index >= 15 is 0 Å². The van der Waals surface area contributed by atoms with Crippen molar-refractivity contribution in [1.82, 2.24) is 14.9 Å². The van der Waals surface area contributed by atoms with Crippen LogP contribution in [-0.4, -0.2) is 22.0 Å². The van der Waals surface area contributed by atoms with Gasteiger partial charge < -0.3 is 14.9 Å². The Kier molecular flexibility index (Phi) is 7.32. The number of halogens is 3. The lowest BCUT2D eigenvalue weighted by Gasteiger charge is -2.16. The average Bonchev–Trinajstić information content (AvgIpc) is 3.18. The minimum Gasteiger partial charge on any atom is -0.493 e. The number of aromatic amines is 1. The molecule has 0 saturated carbocycles. The summed E-state index contributed by atoms with van der Waals surface area (Å²) in [4.78, 5) is 0. The maximum Gasteiger partial charge on any atom is 0.214 e. The highest BCUT2D eigenvalue weighted by Crippen LogP contribution is 2.38. The summed E-state index contributed by atoms with van der Waals surface area (Å²) in [5, 5.41) is 7.44. The predicted molar refractivity (Wildman–Crippen MR) is 132 cm³/mol. The summed E-state index contributed by atoms with van der Waals surface area (Å²) in [5.41, 5.74) is 5.38. The summed E-state index contributed by atoms with van der Waals surface area (Å²) >= 11 is 15.0. The third-order valence-electron chi connectivity index (χ3n) is 4.86. The van der Waals surface area contributed by atoms with Gasteiger partial charge in [0.1, 0.15) is 12.4 Å². The summed E-state index contributed by atoms with van der Waals surface area (Å²) in [6.07, 6.45) is 0. The first kappa shape index (κ1) is 23.3. The van der Waals surface area contributed by atoms with Crippen LogP contribution in [0.1, 0.15) is 11.1 Å². The molecule has 1 heterocycles. The molecule has 0 spiro atoms. The highest BCUT2D eigenvalue weighted by molar-refractivity contribution is 9.10. The molecule has 0 fully saturated rings. The molecule has 3 aromatic carbocycles. The maximum atomic E-state index is 14.1. The van der Waals surface area contributed by atoms with Crippen LogP contribution >= 0.6 is 39.7 Å². The molecule has 0 aliphatic heterocycles. The van der Waals surface area contributed by atoms with E-state index in [0.717, 1.165) is 11.1 Å². The van der Waals surface area contributed by atoms with Crippen molar-refractivity contribution in [3.8, 4) is 22.9 Å². The van der Waals surface area contributed by atoms with E-state index in [0.29, 0.717) is 38.1 Å². The Morgan fingerprint density at radius 1 is 1.18 bits per heavy atom. The van der Waals surface area contributed by atoms with Crippen LogP contribution in [0.4, 0.5) is 4.39 Å². The molecule has 0 radical (unpaired) electrons. The topological polar surface area (TPSA) is 64.1 Å². The van der Waals surface area contributed by atoms with Crippen LogP contribution in [0.25, 0.3) is 11.4 Å². The van der Waals surface area contributed by atoms with Gasteiger partial charge in [0.05, 0.1) is 23.1 Å². The average molecular weight is 550 g/mol. The van der Waals surface area contributed by atoms with E-state index in [1.165, 1.54) is 6.07 Å². The zero-order valence-electron chi connectivity index (χ0n) is 17.4. The predicted octanol–water partition coefficient (Wildman–Crippen LogP) is 6.49. The lowest BCUT2D eigenvalue weighted by atomic mass is 10.2. The van der Waals surface area contributed by atoms with Gasteiger partial charge in [0.2, 0.25) is 4.77 Å². The van der Waals surface area contributed by atoms with Gasteiger partial charge in [-0.1, -0.05) is 48.0 Å². The summed E-state index contributed by atoms with van der Waals surface area (Å²) in [6, 6.07) is 18.0. The lowest BCUT2D eigenvalue weighted by molar-refractivity contribution is 0.278. The lowest BCUT2D eigenvalue weighted by Crippen LogP contribution is -2.16. The van der Waals surface area contributed by atoms with E-state index in [-0.39, 0.29) is 12.2 Å². The minimum atomic E-state index is -0.426. The fourth-order valence-electron chi connectivity index (χ4n) is 3.22. The Morgan fingerprint density at radius 2 is 1.97 bits per heavy atom. The van der Waals surface area contributed by atoms with E-state index in [2.05, 4.69) is 31.6 Å². The Labute approximate surface area is 208 Å². The molecule has 33 heavy (non-hydrogen) atoms. The van der Waals surface area contributed by atoms with Crippen molar-refractivity contribution in [2.45, 2.75) is 13.2 Å². The van der Waals surface area contributed by atoms with Crippen molar-refractivity contribution < 1.29 is 13.9 Å². The monoisotopic (exact) mass is 548 g/mol. The van der Waals surface area contributed by atoms with E-state index in [4.69, 9.17) is 33.3 Å². The second-order valence-corrected chi connectivity index (χ2v) is 8.63. The molecular weight excluding hydrogens is 531 g/mol. The third kappa shape index (κ3) is 5.21. The SMILES string of the molecule is COc1cc(CNn2c(-c3ccccc3)n[nH]c2=S)cc(Br)c1OCc1c(F)cccc1Cl. The van der Waals surface area contributed by atoms with Gasteiger partial charge in [-0.3, -0.25) is 0 Å². The Balaban J connectivity index is 1.53. The Bertz CT molecular complexity index is 1310. The van der Waals surface area contributed by atoms with Crippen molar-refractivity contribution >= 4 is 39.7 Å².